The van der Waals surface area contributed by atoms with Gasteiger partial charge in [-0.1, -0.05) is 0 Å². The summed E-state index contributed by atoms with van der Waals surface area (Å²) in [4.78, 5) is 22.6. The molecule has 2 N–H and O–H groups in total. The van der Waals surface area contributed by atoms with E-state index in [1.807, 2.05) is 12.1 Å². The molecule has 1 aliphatic rings. The highest BCUT2D eigenvalue weighted by Crippen LogP contribution is 2.36. The summed E-state index contributed by atoms with van der Waals surface area (Å²) in [6.07, 6.45) is 1.43. The van der Waals surface area contributed by atoms with Crippen LogP contribution in [0.5, 0.6) is 5.75 Å². The second-order valence-corrected chi connectivity index (χ2v) is 5.95. The highest BCUT2D eigenvalue weighted by Gasteiger charge is 2.25. The molecule has 0 aromatic heterocycles. The molecule has 0 saturated carbocycles. The Morgan fingerprint density at radius 2 is 2.00 bits per heavy atom. The van der Waals surface area contributed by atoms with E-state index in [0.717, 1.165) is 3.57 Å². The third-order valence-electron chi connectivity index (χ3n) is 3.27. The number of nitro groups is 1. The maximum absolute atomic E-state index is 12.1. The van der Waals surface area contributed by atoms with Gasteiger partial charge in [-0.25, -0.2) is 0 Å². The Morgan fingerprint density at radius 3 is 2.73 bits per heavy atom. The standard InChI is InChI=1S/C15H9IN2O4/c16-9-1-3-13-11(7-9)12(15(20)17-13)6-8-5-10(19)2-4-14(8)18(21)22/h1-7,19H,(H,17,20). The van der Waals surface area contributed by atoms with E-state index in [-0.39, 0.29) is 22.9 Å². The van der Waals surface area contributed by atoms with E-state index in [9.17, 15) is 20.0 Å². The molecule has 0 saturated heterocycles. The Bertz CT molecular complexity index is 845. The van der Waals surface area contributed by atoms with Gasteiger partial charge in [0.2, 0.25) is 0 Å². The second-order valence-electron chi connectivity index (χ2n) is 4.70. The lowest BCUT2D eigenvalue weighted by molar-refractivity contribution is -0.385. The number of nitro benzene ring substituents is 1. The first-order valence-corrected chi connectivity index (χ1v) is 7.34. The zero-order valence-corrected chi connectivity index (χ0v) is 13.2. The molecule has 0 fully saturated rings. The SMILES string of the molecule is O=C1Nc2ccc(I)cc2C1=Cc1cc(O)ccc1[N+](=O)[O-]. The summed E-state index contributed by atoms with van der Waals surface area (Å²) in [7, 11) is 0. The molecule has 0 radical (unpaired) electrons. The van der Waals surface area contributed by atoms with Gasteiger partial charge in [-0.15, -0.1) is 0 Å². The quantitative estimate of drug-likeness (QED) is 0.345. The summed E-state index contributed by atoms with van der Waals surface area (Å²) in [5.74, 6) is -0.423. The number of nitrogens with zero attached hydrogens (tertiary/aromatic N) is 1. The number of hydrogen-bond donors (Lipinski definition) is 2. The smallest absolute Gasteiger partial charge is 0.276 e. The van der Waals surface area contributed by atoms with Crippen LogP contribution in [0.15, 0.2) is 36.4 Å². The number of halogens is 1. The minimum absolute atomic E-state index is 0.0984. The van der Waals surface area contributed by atoms with Crippen LogP contribution in [0.4, 0.5) is 11.4 Å². The molecule has 2 aromatic carbocycles. The monoisotopic (exact) mass is 408 g/mol. The molecule has 1 amide bonds. The van der Waals surface area contributed by atoms with Gasteiger partial charge in [-0.2, -0.15) is 0 Å². The summed E-state index contributed by atoms with van der Waals surface area (Å²) in [6.45, 7) is 0. The Kier molecular flexibility index (Phi) is 3.57. The van der Waals surface area contributed by atoms with E-state index in [2.05, 4.69) is 27.9 Å². The van der Waals surface area contributed by atoms with Gasteiger partial charge in [-0.05, 0) is 59.0 Å². The lowest BCUT2D eigenvalue weighted by Gasteiger charge is -2.02. The summed E-state index contributed by atoms with van der Waals surface area (Å²) in [6, 6.07) is 9.20. The van der Waals surface area contributed by atoms with Crippen molar-refractivity contribution in [3.63, 3.8) is 0 Å². The number of nitrogens with one attached hydrogen (secondary N) is 1. The van der Waals surface area contributed by atoms with Gasteiger partial charge in [-0.3, -0.25) is 14.9 Å². The van der Waals surface area contributed by atoms with Crippen molar-refractivity contribution in [3.8, 4) is 5.75 Å². The van der Waals surface area contributed by atoms with Crippen LogP contribution in [0, 0.1) is 13.7 Å². The molecule has 2 aromatic rings. The molecule has 0 atom stereocenters. The summed E-state index contributed by atoms with van der Waals surface area (Å²) in [5.41, 5.74) is 1.70. The van der Waals surface area contributed by atoms with Crippen molar-refractivity contribution in [3.05, 3.63) is 61.2 Å². The van der Waals surface area contributed by atoms with Crippen LogP contribution in [0.1, 0.15) is 11.1 Å². The molecule has 0 aliphatic carbocycles. The summed E-state index contributed by atoms with van der Waals surface area (Å²) < 4.78 is 0.948. The van der Waals surface area contributed by atoms with Gasteiger partial charge in [0.25, 0.3) is 11.6 Å². The molecule has 7 heteroatoms. The average molecular weight is 408 g/mol. The zero-order valence-electron chi connectivity index (χ0n) is 11.0. The Hall–Kier alpha value is -2.42. The maximum Gasteiger partial charge on any atom is 0.276 e. The molecular weight excluding hydrogens is 399 g/mol. The van der Waals surface area contributed by atoms with Crippen molar-refractivity contribution < 1.29 is 14.8 Å². The number of phenolic OH excluding ortho intramolecular Hbond substituents is 1. The fourth-order valence-corrected chi connectivity index (χ4v) is 2.77. The minimum Gasteiger partial charge on any atom is -0.508 e. The third kappa shape index (κ3) is 2.54. The summed E-state index contributed by atoms with van der Waals surface area (Å²) >= 11 is 2.13. The number of amides is 1. The van der Waals surface area contributed by atoms with Crippen LogP contribution in [0.3, 0.4) is 0 Å². The van der Waals surface area contributed by atoms with Crippen molar-refractivity contribution in [1.82, 2.24) is 0 Å². The fraction of sp³-hybridized carbons (Fsp3) is 0. The predicted molar refractivity (Wildman–Crippen MR) is 90.4 cm³/mol. The first kappa shape index (κ1) is 14.5. The molecule has 3 rings (SSSR count). The van der Waals surface area contributed by atoms with Gasteiger partial charge in [0.1, 0.15) is 5.75 Å². The molecule has 0 spiro atoms. The van der Waals surface area contributed by atoms with Gasteiger partial charge in [0.05, 0.1) is 10.5 Å². The molecule has 22 heavy (non-hydrogen) atoms. The number of anilines is 1. The maximum atomic E-state index is 12.1. The highest BCUT2D eigenvalue weighted by atomic mass is 127. The van der Waals surface area contributed by atoms with E-state index in [0.29, 0.717) is 16.8 Å². The van der Waals surface area contributed by atoms with Crippen molar-refractivity contribution in [2.75, 3.05) is 5.32 Å². The first-order valence-electron chi connectivity index (χ1n) is 6.26. The van der Waals surface area contributed by atoms with Crippen molar-refractivity contribution in [2.24, 2.45) is 0 Å². The van der Waals surface area contributed by atoms with E-state index in [1.54, 1.807) is 6.07 Å². The van der Waals surface area contributed by atoms with Gasteiger partial charge in [0, 0.05) is 26.5 Å². The average Bonchev–Trinajstić information content (AvgIpc) is 2.75. The molecule has 1 aliphatic heterocycles. The molecular formula is C15H9IN2O4. The summed E-state index contributed by atoms with van der Waals surface area (Å²) in [5, 5.41) is 23.3. The van der Waals surface area contributed by atoms with E-state index in [4.69, 9.17) is 0 Å². The fourth-order valence-electron chi connectivity index (χ4n) is 2.28. The van der Waals surface area contributed by atoms with Crippen LogP contribution in [-0.4, -0.2) is 15.9 Å². The number of carbonyl (C=O) groups is 1. The topological polar surface area (TPSA) is 92.5 Å². The third-order valence-corrected chi connectivity index (χ3v) is 3.94. The van der Waals surface area contributed by atoms with Crippen LogP contribution >= 0.6 is 22.6 Å². The number of benzene rings is 2. The number of hydrogen-bond acceptors (Lipinski definition) is 4. The first-order chi connectivity index (χ1) is 10.5. The predicted octanol–water partition coefficient (Wildman–Crippen LogP) is 3.40. The van der Waals surface area contributed by atoms with Gasteiger partial charge >= 0.3 is 0 Å². The zero-order chi connectivity index (χ0) is 15.9. The van der Waals surface area contributed by atoms with E-state index < -0.39 is 4.92 Å². The van der Waals surface area contributed by atoms with E-state index in [1.165, 1.54) is 24.3 Å². The van der Waals surface area contributed by atoms with Crippen molar-refractivity contribution in [2.45, 2.75) is 0 Å². The van der Waals surface area contributed by atoms with Crippen molar-refractivity contribution >= 4 is 51.5 Å². The van der Waals surface area contributed by atoms with Crippen molar-refractivity contribution in [1.29, 1.82) is 0 Å². The molecule has 110 valence electrons. The Labute approximate surface area is 138 Å². The van der Waals surface area contributed by atoms with E-state index >= 15 is 0 Å². The van der Waals surface area contributed by atoms with Gasteiger partial charge < -0.3 is 10.4 Å². The van der Waals surface area contributed by atoms with Gasteiger partial charge in [0.15, 0.2) is 0 Å². The highest BCUT2D eigenvalue weighted by molar-refractivity contribution is 14.1. The Balaban J connectivity index is 2.18. The molecule has 6 nitrogen and oxygen atoms in total. The molecule has 0 bridgehead atoms. The molecule has 0 unspecified atom stereocenters. The number of fused-ring (bicyclic) bond motifs is 1. The second kappa shape index (κ2) is 5.41. The van der Waals surface area contributed by atoms with Crippen LogP contribution in [0.2, 0.25) is 0 Å². The Morgan fingerprint density at radius 1 is 1.23 bits per heavy atom. The number of carbonyl (C=O) groups excluding carboxylic acids is 1. The van der Waals surface area contributed by atoms with Crippen LogP contribution in [0.25, 0.3) is 11.6 Å². The molecule has 1 heterocycles. The lowest BCUT2D eigenvalue weighted by atomic mass is 10.0. The number of phenols is 1. The van der Waals surface area contributed by atoms with Crippen LogP contribution in [-0.2, 0) is 4.79 Å². The normalized spacial score (nSPS) is 14.8. The number of rotatable bonds is 2. The minimum atomic E-state index is -0.547. The lowest BCUT2D eigenvalue weighted by Crippen LogP contribution is -2.03. The number of aromatic hydroxyl groups is 1. The van der Waals surface area contributed by atoms with Crippen LogP contribution < -0.4 is 5.32 Å². The largest absolute Gasteiger partial charge is 0.508 e.